The van der Waals surface area contributed by atoms with Gasteiger partial charge in [0.1, 0.15) is 0 Å². The lowest BCUT2D eigenvalue weighted by atomic mass is 9.85. The highest BCUT2D eigenvalue weighted by Crippen LogP contribution is 2.39. The van der Waals surface area contributed by atoms with Gasteiger partial charge in [0, 0.05) is 23.3 Å². The lowest BCUT2D eigenvalue weighted by molar-refractivity contribution is 0.101. The van der Waals surface area contributed by atoms with Gasteiger partial charge in [0.25, 0.3) is 0 Å². The van der Waals surface area contributed by atoms with E-state index >= 15 is 0 Å². The van der Waals surface area contributed by atoms with Gasteiger partial charge in [0.2, 0.25) is 0 Å². The molecule has 1 saturated heterocycles. The number of hydrogen-bond donors (Lipinski definition) is 1. The normalized spacial score (nSPS) is 21.7. The Bertz CT molecular complexity index is 468. The summed E-state index contributed by atoms with van der Waals surface area (Å²) in [4.78, 5) is 13.9. The topological polar surface area (TPSA) is 46.3 Å². The van der Waals surface area contributed by atoms with E-state index in [1.807, 2.05) is 18.2 Å². The Kier molecular flexibility index (Phi) is 3.95. The average Bonchev–Trinajstić information content (AvgIpc) is 2.66. The summed E-state index contributed by atoms with van der Waals surface area (Å²) in [6, 6.07) is 7.96. The first-order chi connectivity index (χ1) is 8.96. The molecule has 1 aliphatic heterocycles. The third-order valence-electron chi connectivity index (χ3n) is 4.48. The van der Waals surface area contributed by atoms with Gasteiger partial charge in [-0.3, -0.25) is 4.79 Å². The van der Waals surface area contributed by atoms with Crippen LogP contribution < -0.4 is 10.6 Å². The van der Waals surface area contributed by atoms with Crippen LogP contribution in [0.25, 0.3) is 0 Å². The van der Waals surface area contributed by atoms with E-state index in [9.17, 15) is 4.79 Å². The summed E-state index contributed by atoms with van der Waals surface area (Å²) >= 11 is 0. The Morgan fingerprint density at radius 2 is 2.21 bits per heavy atom. The number of anilines is 1. The van der Waals surface area contributed by atoms with Crippen molar-refractivity contribution in [3.8, 4) is 0 Å². The molecule has 0 saturated carbocycles. The smallest absolute Gasteiger partial charge is 0.159 e. The fourth-order valence-corrected chi connectivity index (χ4v) is 3.20. The van der Waals surface area contributed by atoms with Crippen molar-refractivity contribution in [2.45, 2.75) is 39.2 Å². The van der Waals surface area contributed by atoms with Crippen LogP contribution in [0.15, 0.2) is 24.3 Å². The highest BCUT2D eigenvalue weighted by molar-refractivity contribution is 5.95. The number of hydrogen-bond acceptors (Lipinski definition) is 3. The summed E-state index contributed by atoms with van der Waals surface area (Å²) in [5, 5.41) is 0. The maximum atomic E-state index is 11.5. The zero-order chi connectivity index (χ0) is 14.0. The molecule has 2 N–H and O–H groups in total. The molecule has 19 heavy (non-hydrogen) atoms. The average molecular weight is 260 g/mol. The molecule has 1 aromatic carbocycles. The molecule has 0 spiro atoms. The second-order valence-electron chi connectivity index (χ2n) is 5.97. The number of nitrogens with two attached hydrogens (primary N) is 1. The van der Waals surface area contributed by atoms with Gasteiger partial charge < -0.3 is 10.6 Å². The molecule has 1 aliphatic rings. The number of rotatable bonds is 4. The zero-order valence-electron chi connectivity index (χ0n) is 12.1. The van der Waals surface area contributed by atoms with Crippen LogP contribution in [-0.4, -0.2) is 24.4 Å². The maximum absolute atomic E-state index is 11.5. The molecular formula is C16H24N2O. The number of Topliss-reactive ketones (excluding diaryl/α,β-unsaturated/α-hetero) is 1. The van der Waals surface area contributed by atoms with Gasteiger partial charge in [-0.15, -0.1) is 0 Å². The first-order valence-electron chi connectivity index (χ1n) is 7.05. The van der Waals surface area contributed by atoms with Crippen LogP contribution in [0.1, 0.15) is 44.0 Å². The summed E-state index contributed by atoms with van der Waals surface area (Å²) < 4.78 is 0. The molecule has 0 bridgehead atoms. The molecule has 0 aliphatic carbocycles. The minimum Gasteiger partial charge on any atom is -0.366 e. The van der Waals surface area contributed by atoms with Crippen LogP contribution in [0.3, 0.4) is 0 Å². The molecular weight excluding hydrogens is 236 g/mol. The van der Waals surface area contributed by atoms with Gasteiger partial charge in [-0.05, 0) is 58.2 Å². The maximum Gasteiger partial charge on any atom is 0.159 e. The van der Waals surface area contributed by atoms with E-state index < -0.39 is 0 Å². The van der Waals surface area contributed by atoms with Crippen molar-refractivity contribution >= 4 is 11.5 Å². The second-order valence-corrected chi connectivity index (χ2v) is 5.97. The Balaban J connectivity index is 2.27. The van der Waals surface area contributed by atoms with Gasteiger partial charge in [-0.25, -0.2) is 0 Å². The van der Waals surface area contributed by atoms with Gasteiger partial charge in [-0.1, -0.05) is 12.1 Å². The minimum atomic E-state index is 0.106. The van der Waals surface area contributed by atoms with E-state index in [2.05, 4.69) is 24.8 Å². The quantitative estimate of drug-likeness (QED) is 0.847. The predicted molar refractivity (Wildman–Crippen MR) is 79.6 cm³/mol. The molecule has 104 valence electrons. The first-order valence-corrected chi connectivity index (χ1v) is 7.05. The van der Waals surface area contributed by atoms with Gasteiger partial charge in [0.15, 0.2) is 5.78 Å². The summed E-state index contributed by atoms with van der Waals surface area (Å²) in [5.41, 5.74) is 7.76. The fourth-order valence-electron chi connectivity index (χ4n) is 3.20. The number of ketones is 1. The third-order valence-corrected chi connectivity index (χ3v) is 4.48. The molecule has 1 unspecified atom stereocenters. The highest BCUT2D eigenvalue weighted by atomic mass is 16.1. The number of carbonyl (C=O) groups excluding carboxylic acids is 1. The van der Waals surface area contributed by atoms with E-state index in [1.165, 1.54) is 6.42 Å². The number of benzene rings is 1. The molecule has 2 rings (SSSR count). The van der Waals surface area contributed by atoms with E-state index in [1.54, 1.807) is 6.92 Å². The molecule has 1 heterocycles. The second kappa shape index (κ2) is 5.33. The molecule has 0 radical (unpaired) electrons. The fraction of sp³-hybridized carbons (Fsp3) is 0.562. The molecule has 3 nitrogen and oxygen atoms in total. The summed E-state index contributed by atoms with van der Waals surface area (Å²) in [6.07, 6.45) is 2.24. The Morgan fingerprint density at radius 1 is 1.47 bits per heavy atom. The molecule has 0 amide bonds. The largest absolute Gasteiger partial charge is 0.366 e. The van der Waals surface area contributed by atoms with Crippen molar-refractivity contribution < 1.29 is 4.79 Å². The van der Waals surface area contributed by atoms with Crippen LogP contribution in [0.2, 0.25) is 0 Å². The van der Waals surface area contributed by atoms with E-state index in [0.717, 1.165) is 30.8 Å². The highest BCUT2D eigenvalue weighted by Gasteiger charge is 2.40. The van der Waals surface area contributed by atoms with Gasteiger partial charge >= 0.3 is 0 Å². The SMILES string of the molecule is CC(=O)c1cccc(N2CCC(CCN)C2(C)C)c1. The van der Waals surface area contributed by atoms with Gasteiger partial charge in [0.05, 0.1) is 0 Å². The van der Waals surface area contributed by atoms with E-state index in [-0.39, 0.29) is 11.3 Å². The lowest BCUT2D eigenvalue weighted by Gasteiger charge is -2.38. The van der Waals surface area contributed by atoms with Crippen molar-refractivity contribution in [2.75, 3.05) is 18.0 Å². The standard InChI is InChI=1S/C16H24N2O/c1-12(19)13-5-4-6-15(11-13)18-10-8-14(7-9-17)16(18,2)3/h4-6,11,14H,7-10,17H2,1-3H3. The zero-order valence-corrected chi connectivity index (χ0v) is 12.1. The lowest BCUT2D eigenvalue weighted by Crippen LogP contribution is -2.43. The van der Waals surface area contributed by atoms with Crippen LogP contribution >= 0.6 is 0 Å². The summed E-state index contributed by atoms with van der Waals surface area (Å²) in [6.45, 7) is 7.96. The van der Waals surface area contributed by atoms with Crippen LogP contribution in [0, 0.1) is 5.92 Å². The van der Waals surface area contributed by atoms with E-state index in [4.69, 9.17) is 5.73 Å². The molecule has 3 heteroatoms. The van der Waals surface area contributed by atoms with Crippen molar-refractivity contribution in [2.24, 2.45) is 11.7 Å². The predicted octanol–water partition coefficient (Wildman–Crippen LogP) is 2.84. The Hall–Kier alpha value is -1.35. The molecule has 1 atom stereocenters. The number of nitrogens with zero attached hydrogens (tertiary/aromatic N) is 1. The third kappa shape index (κ3) is 2.66. The van der Waals surface area contributed by atoms with Crippen molar-refractivity contribution in [1.82, 2.24) is 0 Å². The van der Waals surface area contributed by atoms with Crippen LogP contribution in [0.4, 0.5) is 5.69 Å². The monoisotopic (exact) mass is 260 g/mol. The van der Waals surface area contributed by atoms with E-state index in [0.29, 0.717) is 5.92 Å². The van der Waals surface area contributed by atoms with Crippen molar-refractivity contribution in [1.29, 1.82) is 0 Å². The Labute approximate surface area is 115 Å². The Morgan fingerprint density at radius 3 is 2.84 bits per heavy atom. The van der Waals surface area contributed by atoms with Crippen LogP contribution in [-0.2, 0) is 0 Å². The van der Waals surface area contributed by atoms with Gasteiger partial charge in [-0.2, -0.15) is 0 Å². The first kappa shape index (κ1) is 14.1. The van der Waals surface area contributed by atoms with Crippen LogP contribution in [0.5, 0.6) is 0 Å². The van der Waals surface area contributed by atoms with Crippen molar-refractivity contribution in [3.63, 3.8) is 0 Å². The number of carbonyl (C=O) groups is 1. The van der Waals surface area contributed by atoms with Crippen molar-refractivity contribution in [3.05, 3.63) is 29.8 Å². The minimum absolute atomic E-state index is 0.106. The molecule has 1 fully saturated rings. The summed E-state index contributed by atoms with van der Waals surface area (Å²) in [5.74, 6) is 0.746. The molecule has 0 aromatic heterocycles. The summed E-state index contributed by atoms with van der Waals surface area (Å²) in [7, 11) is 0. The molecule has 1 aromatic rings.